The number of benzene rings is 9. The van der Waals surface area contributed by atoms with E-state index in [1.54, 1.807) is 0 Å². The summed E-state index contributed by atoms with van der Waals surface area (Å²) in [4.78, 5) is 2.48. The smallest absolute Gasteiger partial charge is 0.0468 e. The first-order valence-electron chi connectivity index (χ1n) is 21.8. The molecule has 0 aliphatic heterocycles. The predicted octanol–water partition coefficient (Wildman–Crippen LogP) is 17.1. The van der Waals surface area contributed by atoms with Gasteiger partial charge in [-0.2, -0.15) is 0 Å². The Labute approximate surface area is 368 Å². The molecule has 0 amide bonds. The molecule has 1 aromatic heterocycles. The third-order valence-electron chi connectivity index (χ3n) is 13.9. The molecule has 1 heterocycles. The molecule has 1 nitrogen and oxygen atoms in total. The van der Waals surface area contributed by atoms with Crippen molar-refractivity contribution in [3.8, 4) is 55.6 Å². The Morgan fingerprint density at radius 1 is 0.339 bits per heavy atom. The minimum Gasteiger partial charge on any atom is -0.310 e. The van der Waals surface area contributed by atoms with Gasteiger partial charge in [-0.15, -0.1) is 11.3 Å². The average Bonchev–Trinajstić information content (AvgIpc) is 3.88. The second-order valence-electron chi connectivity index (χ2n) is 18.1. The fourth-order valence-corrected chi connectivity index (χ4v) is 11.8. The molecule has 9 aromatic carbocycles. The van der Waals surface area contributed by atoms with Crippen molar-refractivity contribution in [3.63, 3.8) is 0 Å². The number of thiophene rings is 1. The van der Waals surface area contributed by atoms with Gasteiger partial charge >= 0.3 is 0 Å². The maximum absolute atomic E-state index is 2.50. The first kappa shape index (κ1) is 36.8. The van der Waals surface area contributed by atoms with Crippen LogP contribution in [0.25, 0.3) is 75.8 Å². The molecule has 0 N–H and O–H groups in total. The van der Waals surface area contributed by atoms with Crippen molar-refractivity contribution in [1.29, 1.82) is 0 Å². The Morgan fingerprint density at radius 2 is 0.855 bits per heavy atom. The standard InChI is InChI=1S/C60H45NS/c1-59(2)50-21-13-11-19-46(50)47-33-31-45(36-52(47)59)61(43-29-27-41(28-30-43)40-25-23-39(24-26-40)38-15-7-5-8-16-38)44-32-34-51-49(35-44)57-53(60(51,3)4)37-55-58(48-20-12-14-22-54(48)62-55)56(57)42-17-9-6-10-18-42/h5-37H,1-4H3. The lowest BCUT2D eigenvalue weighted by atomic mass is 9.81. The molecular weight excluding hydrogens is 767 g/mol. The summed E-state index contributed by atoms with van der Waals surface area (Å²) in [6.07, 6.45) is 0. The molecule has 2 heteroatoms. The average molecular weight is 812 g/mol. The Bertz CT molecular complexity index is 3370. The zero-order valence-electron chi connectivity index (χ0n) is 35.4. The number of anilines is 3. The molecule has 2 aliphatic carbocycles. The minimum atomic E-state index is -0.178. The molecule has 12 rings (SSSR count). The van der Waals surface area contributed by atoms with Crippen LogP contribution in [0.2, 0.25) is 0 Å². The maximum Gasteiger partial charge on any atom is 0.0468 e. The molecule has 2 aliphatic rings. The van der Waals surface area contributed by atoms with E-state index in [-0.39, 0.29) is 10.8 Å². The van der Waals surface area contributed by atoms with Crippen LogP contribution in [0, 0.1) is 0 Å². The molecule has 0 saturated heterocycles. The van der Waals surface area contributed by atoms with E-state index in [9.17, 15) is 0 Å². The van der Waals surface area contributed by atoms with Gasteiger partial charge in [0.05, 0.1) is 0 Å². The molecule has 0 unspecified atom stereocenters. The van der Waals surface area contributed by atoms with Gasteiger partial charge in [0.15, 0.2) is 0 Å². The van der Waals surface area contributed by atoms with Crippen molar-refractivity contribution >= 4 is 48.6 Å². The normalized spacial score (nSPS) is 14.1. The molecule has 296 valence electrons. The number of fused-ring (bicyclic) bond motifs is 9. The lowest BCUT2D eigenvalue weighted by Gasteiger charge is -2.29. The van der Waals surface area contributed by atoms with Gasteiger partial charge in [-0.05, 0) is 126 Å². The van der Waals surface area contributed by atoms with E-state index >= 15 is 0 Å². The fourth-order valence-electron chi connectivity index (χ4n) is 10.7. The quantitative estimate of drug-likeness (QED) is 0.162. The summed E-state index contributed by atoms with van der Waals surface area (Å²) in [5, 5.41) is 2.68. The fraction of sp³-hybridized carbons (Fsp3) is 0.100. The first-order chi connectivity index (χ1) is 30.3. The summed E-state index contributed by atoms with van der Waals surface area (Å²) in [6.45, 7) is 9.57. The maximum atomic E-state index is 2.50. The number of nitrogens with zero attached hydrogens (tertiary/aromatic N) is 1. The summed E-state index contributed by atoms with van der Waals surface area (Å²) in [7, 11) is 0. The third kappa shape index (κ3) is 5.53. The number of rotatable bonds is 6. The van der Waals surface area contributed by atoms with E-state index in [1.165, 1.54) is 98.1 Å². The van der Waals surface area contributed by atoms with Crippen molar-refractivity contribution < 1.29 is 0 Å². The van der Waals surface area contributed by atoms with Crippen LogP contribution in [-0.4, -0.2) is 0 Å². The van der Waals surface area contributed by atoms with Gasteiger partial charge in [0.2, 0.25) is 0 Å². The van der Waals surface area contributed by atoms with Crippen molar-refractivity contribution in [3.05, 3.63) is 222 Å². The van der Waals surface area contributed by atoms with Gasteiger partial charge in [0.1, 0.15) is 0 Å². The van der Waals surface area contributed by atoms with Crippen LogP contribution < -0.4 is 4.90 Å². The Kier molecular flexibility index (Phi) is 8.17. The van der Waals surface area contributed by atoms with Crippen molar-refractivity contribution in [2.75, 3.05) is 4.90 Å². The summed E-state index contributed by atoms with van der Waals surface area (Å²) in [6, 6.07) is 74.6. The summed E-state index contributed by atoms with van der Waals surface area (Å²) in [5.41, 5.74) is 21.4. The molecule has 0 spiro atoms. The van der Waals surface area contributed by atoms with Crippen LogP contribution in [-0.2, 0) is 10.8 Å². The van der Waals surface area contributed by atoms with Crippen LogP contribution in [0.15, 0.2) is 200 Å². The van der Waals surface area contributed by atoms with E-state index in [0.29, 0.717) is 0 Å². The van der Waals surface area contributed by atoms with Gasteiger partial charge in [0.25, 0.3) is 0 Å². The Hall–Kier alpha value is -7.00. The highest BCUT2D eigenvalue weighted by atomic mass is 32.1. The van der Waals surface area contributed by atoms with Gasteiger partial charge < -0.3 is 4.90 Å². The summed E-state index contributed by atoms with van der Waals surface area (Å²) >= 11 is 1.91. The monoisotopic (exact) mass is 811 g/mol. The van der Waals surface area contributed by atoms with E-state index < -0.39 is 0 Å². The highest BCUT2D eigenvalue weighted by molar-refractivity contribution is 7.26. The molecule has 10 aromatic rings. The summed E-state index contributed by atoms with van der Waals surface area (Å²) in [5.74, 6) is 0. The number of hydrogen-bond donors (Lipinski definition) is 0. The van der Waals surface area contributed by atoms with E-state index in [2.05, 4.69) is 233 Å². The number of hydrogen-bond acceptors (Lipinski definition) is 2. The van der Waals surface area contributed by atoms with Crippen LogP contribution >= 0.6 is 11.3 Å². The van der Waals surface area contributed by atoms with Gasteiger partial charge in [-0.1, -0.05) is 179 Å². The lowest BCUT2D eigenvalue weighted by Crippen LogP contribution is -2.17. The highest BCUT2D eigenvalue weighted by Gasteiger charge is 2.40. The van der Waals surface area contributed by atoms with Crippen molar-refractivity contribution in [1.82, 2.24) is 0 Å². The van der Waals surface area contributed by atoms with Gasteiger partial charge in [-0.25, -0.2) is 0 Å². The van der Waals surface area contributed by atoms with Crippen molar-refractivity contribution in [2.45, 2.75) is 38.5 Å². The third-order valence-corrected chi connectivity index (χ3v) is 15.0. The second kappa shape index (κ2) is 13.8. The molecule has 0 radical (unpaired) electrons. The molecule has 0 saturated carbocycles. The van der Waals surface area contributed by atoms with Crippen molar-refractivity contribution in [2.24, 2.45) is 0 Å². The van der Waals surface area contributed by atoms with E-state index in [4.69, 9.17) is 0 Å². The van der Waals surface area contributed by atoms with Gasteiger partial charge in [-0.3, -0.25) is 0 Å². The lowest BCUT2D eigenvalue weighted by molar-refractivity contribution is 0.660. The minimum absolute atomic E-state index is 0.121. The Morgan fingerprint density at radius 3 is 1.58 bits per heavy atom. The van der Waals surface area contributed by atoms with Crippen LogP contribution in [0.3, 0.4) is 0 Å². The molecular formula is C60H45NS. The largest absolute Gasteiger partial charge is 0.310 e. The molecule has 0 atom stereocenters. The SMILES string of the molecule is CC1(C)c2ccccc2-c2ccc(N(c3ccc(-c4ccc(-c5ccccc5)cc4)cc3)c3ccc4c(c3)-c3c(cc5sc6ccccc6c5c3-c3ccccc3)C4(C)C)cc21. The van der Waals surface area contributed by atoms with Crippen LogP contribution in [0.1, 0.15) is 49.9 Å². The topological polar surface area (TPSA) is 3.24 Å². The predicted molar refractivity (Wildman–Crippen MR) is 265 cm³/mol. The van der Waals surface area contributed by atoms with Crippen LogP contribution in [0.4, 0.5) is 17.1 Å². The van der Waals surface area contributed by atoms with Crippen LogP contribution in [0.5, 0.6) is 0 Å². The highest BCUT2D eigenvalue weighted by Crippen LogP contribution is 2.58. The zero-order chi connectivity index (χ0) is 41.7. The second-order valence-corrected chi connectivity index (χ2v) is 19.2. The van der Waals surface area contributed by atoms with E-state index in [1.807, 2.05) is 11.3 Å². The molecule has 0 bridgehead atoms. The first-order valence-corrected chi connectivity index (χ1v) is 22.6. The Balaban J connectivity index is 1.05. The van der Waals surface area contributed by atoms with E-state index in [0.717, 1.165) is 17.1 Å². The zero-order valence-corrected chi connectivity index (χ0v) is 36.2. The molecule has 0 fully saturated rings. The summed E-state index contributed by atoms with van der Waals surface area (Å²) < 4.78 is 2.68. The van der Waals surface area contributed by atoms with Gasteiger partial charge in [0, 0.05) is 48.1 Å². The molecule has 62 heavy (non-hydrogen) atoms.